The number of rotatable bonds is 6. The molecule has 0 spiro atoms. The molecule has 0 aromatic heterocycles. The summed E-state index contributed by atoms with van der Waals surface area (Å²) >= 11 is 0. The highest BCUT2D eigenvalue weighted by atomic mass is 16.2. The van der Waals surface area contributed by atoms with Gasteiger partial charge in [-0.2, -0.15) is 0 Å². The average molecular weight is 305 g/mol. The fourth-order valence-corrected chi connectivity index (χ4v) is 1.96. The van der Waals surface area contributed by atoms with Crippen LogP contribution in [-0.4, -0.2) is 35.8 Å². The highest BCUT2D eigenvalue weighted by Crippen LogP contribution is 2.09. The molecule has 5 heteroatoms. The molecule has 0 bridgehead atoms. The van der Waals surface area contributed by atoms with E-state index in [0.29, 0.717) is 18.7 Å². The van der Waals surface area contributed by atoms with Gasteiger partial charge in [-0.3, -0.25) is 9.59 Å². The molecule has 0 atom stereocenters. The standard InChI is InChI=1S/C17H27N3O2/c1-12(2)16(22)20(5)10-13-6-8-14(9-7-13)15(21)19-11-17(3,4)18/h6-9,12H,10-11,18H2,1-5H3,(H,19,21). The van der Waals surface area contributed by atoms with Crippen LogP contribution in [-0.2, 0) is 11.3 Å². The van der Waals surface area contributed by atoms with E-state index in [-0.39, 0.29) is 17.7 Å². The summed E-state index contributed by atoms with van der Waals surface area (Å²) in [6.07, 6.45) is 0. The van der Waals surface area contributed by atoms with Crippen molar-refractivity contribution in [3.8, 4) is 0 Å². The molecular weight excluding hydrogens is 278 g/mol. The normalized spacial score (nSPS) is 11.4. The first-order valence-corrected chi connectivity index (χ1v) is 7.51. The molecule has 5 nitrogen and oxygen atoms in total. The van der Waals surface area contributed by atoms with Gasteiger partial charge in [-0.05, 0) is 31.5 Å². The number of nitrogens with two attached hydrogens (primary N) is 1. The quantitative estimate of drug-likeness (QED) is 0.841. The van der Waals surface area contributed by atoms with Crippen LogP contribution in [0, 0.1) is 5.92 Å². The van der Waals surface area contributed by atoms with Gasteiger partial charge in [0.25, 0.3) is 5.91 Å². The fraction of sp³-hybridized carbons (Fsp3) is 0.529. The number of carbonyl (C=O) groups excluding carboxylic acids is 2. The maximum absolute atomic E-state index is 12.0. The molecule has 122 valence electrons. The monoisotopic (exact) mass is 305 g/mol. The van der Waals surface area contributed by atoms with Crippen molar-refractivity contribution < 1.29 is 9.59 Å². The van der Waals surface area contributed by atoms with Crippen molar-refractivity contribution in [1.29, 1.82) is 0 Å². The van der Waals surface area contributed by atoms with Gasteiger partial charge in [0.2, 0.25) is 5.91 Å². The minimum Gasteiger partial charge on any atom is -0.350 e. The molecule has 2 amide bonds. The van der Waals surface area contributed by atoms with E-state index in [1.807, 2.05) is 39.8 Å². The summed E-state index contributed by atoms with van der Waals surface area (Å²) in [5, 5.41) is 2.80. The molecule has 1 aromatic rings. The number of nitrogens with zero attached hydrogens (tertiary/aromatic N) is 1. The Balaban J connectivity index is 2.63. The second-order valence-electron chi connectivity index (χ2n) is 6.72. The summed E-state index contributed by atoms with van der Waals surface area (Å²) in [4.78, 5) is 25.5. The molecule has 0 aliphatic heterocycles. The van der Waals surface area contributed by atoms with Crippen LogP contribution < -0.4 is 11.1 Å². The molecule has 0 saturated carbocycles. The SMILES string of the molecule is CC(C)C(=O)N(C)Cc1ccc(C(=O)NCC(C)(C)N)cc1. The van der Waals surface area contributed by atoms with Crippen LogP contribution in [0.2, 0.25) is 0 Å². The number of carbonyl (C=O) groups is 2. The number of benzene rings is 1. The van der Waals surface area contributed by atoms with Gasteiger partial charge in [0.1, 0.15) is 0 Å². The third-order valence-corrected chi connectivity index (χ3v) is 3.21. The third-order valence-electron chi connectivity index (χ3n) is 3.21. The number of hydrogen-bond donors (Lipinski definition) is 2. The Bertz CT molecular complexity index is 516. The smallest absolute Gasteiger partial charge is 0.251 e. The molecule has 3 N–H and O–H groups in total. The summed E-state index contributed by atoms with van der Waals surface area (Å²) in [6.45, 7) is 8.43. The number of amides is 2. The van der Waals surface area contributed by atoms with E-state index in [0.717, 1.165) is 5.56 Å². The Labute approximate surface area is 132 Å². The lowest BCUT2D eigenvalue weighted by atomic mass is 10.1. The molecule has 1 rings (SSSR count). The van der Waals surface area contributed by atoms with E-state index < -0.39 is 5.54 Å². The van der Waals surface area contributed by atoms with Crippen molar-refractivity contribution in [2.75, 3.05) is 13.6 Å². The summed E-state index contributed by atoms with van der Waals surface area (Å²) in [5.74, 6) is -0.0571. The fourth-order valence-electron chi connectivity index (χ4n) is 1.96. The van der Waals surface area contributed by atoms with E-state index in [9.17, 15) is 9.59 Å². The van der Waals surface area contributed by atoms with Crippen LogP contribution in [0.25, 0.3) is 0 Å². The van der Waals surface area contributed by atoms with Gasteiger partial charge >= 0.3 is 0 Å². The number of hydrogen-bond acceptors (Lipinski definition) is 3. The summed E-state index contributed by atoms with van der Waals surface area (Å²) in [7, 11) is 1.78. The summed E-state index contributed by atoms with van der Waals surface area (Å²) in [6, 6.07) is 7.27. The topological polar surface area (TPSA) is 75.4 Å². The lowest BCUT2D eigenvalue weighted by Gasteiger charge is -2.20. The summed E-state index contributed by atoms with van der Waals surface area (Å²) < 4.78 is 0. The average Bonchev–Trinajstić information content (AvgIpc) is 2.43. The maximum Gasteiger partial charge on any atom is 0.251 e. The van der Waals surface area contributed by atoms with Gasteiger partial charge in [0.05, 0.1) is 0 Å². The molecule has 0 saturated heterocycles. The van der Waals surface area contributed by atoms with Crippen LogP contribution in [0.3, 0.4) is 0 Å². The zero-order valence-corrected chi connectivity index (χ0v) is 14.1. The predicted octanol–water partition coefficient (Wildman–Crippen LogP) is 1.77. The second kappa shape index (κ2) is 7.40. The highest BCUT2D eigenvalue weighted by molar-refractivity contribution is 5.94. The van der Waals surface area contributed by atoms with Crippen molar-refractivity contribution in [2.45, 2.75) is 39.8 Å². The zero-order valence-electron chi connectivity index (χ0n) is 14.1. The highest BCUT2D eigenvalue weighted by Gasteiger charge is 2.15. The van der Waals surface area contributed by atoms with E-state index in [1.165, 1.54) is 0 Å². The van der Waals surface area contributed by atoms with E-state index in [1.54, 1.807) is 24.1 Å². The molecule has 0 aliphatic rings. The van der Waals surface area contributed by atoms with Gasteiger partial charge in [-0.15, -0.1) is 0 Å². The number of nitrogens with one attached hydrogen (secondary N) is 1. The Morgan fingerprint density at radius 3 is 2.23 bits per heavy atom. The zero-order chi connectivity index (χ0) is 16.9. The van der Waals surface area contributed by atoms with Crippen LogP contribution in [0.5, 0.6) is 0 Å². The lowest BCUT2D eigenvalue weighted by Crippen LogP contribution is -2.45. The Kier molecular flexibility index (Phi) is 6.11. The van der Waals surface area contributed by atoms with Crippen molar-refractivity contribution in [2.24, 2.45) is 11.7 Å². The van der Waals surface area contributed by atoms with Gasteiger partial charge < -0.3 is 16.0 Å². The minimum absolute atomic E-state index is 0.0188. The molecule has 0 fully saturated rings. The minimum atomic E-state index is -0.435. The maximum atomic E-state index is 12.0. The van der Waals surface area contributed by atoms with Crippen LogP contribution >= 0.6 is 0 Å². The van der Waals surface area contributed by atoms with E-state index >= 15 is 0 Å². The van der Waals surface area contributed by atoms with Crippen molar-refractivity contribution in [1.82, 2.24) is 10.2 Å². The predicted molar refractivity (Wildman–Crippen MR) is 88.4 cm³/mol. The van der Waals surface area contributed by atoms with Crippen LogP contribution in [0.1, 0.15) is 43.6 Å². The van der Waals surface area contributed by atoms with E-state index in [4.69, 9.17) is 5.73 Å². The lowest BCUT2D eigenvalue weighted by molar-refractivity contribution is -0.133. The third kappa shape index (κ3) is 5.85. The molecule has 0 heterocycles. The molecule has 0 radical (unpaired) electrons. The Morgan fingerprint density at radius 1 is 1.23 bits per heavy atom. The largest absolute Gasteiger partial charge is 0.350 e. The van der Waals surface area contributed by atoms with Crippen LogP contribution in [0.15, 0.2) is 24.3 Å². The molecule has 0 unspecified atom stereocenters. The molecule has 0 aliphatic carbocycles. The Morgan fingerprint density at radius 2 is 1.77 bits per heavy atom. The van der Waals surface area contributed by atoms with Gasteiger partial charge in [0.15, 0.2) is 0 Å². The first kappa shape index (κ1) is 18.2. The van der Waals surface area contributed by atoms with Gasteiger partial charge in [-0.25, -0.2) is 0 Å². The molecule has 1 aromatic carbocycles. The van der Waals surface area contributed by atoms with Gasteiger partial charge in [-0.1, -0.05) is 26.0 Å². The first-order chi connectivity index (χ1) is 10.1. The van der Waals surface area contributed by atoms with Crippen molar-refractivity contribution in [3.63, 3.8) is 0 Å². The Hall–Kier alpha value is -1.88. The second-order valence-corrected chi connectivity index (χ2v) is 6.72. The molecule has 22 heavy (non-hydrogen) atoms. The molecular formula is C17H27N3O2. The van der Waals surface area contributed by atoms with Crippen LogP contribution in [0.4, 0.5) is 0 Å². The van der Waals surface area contributed by atoms with E-state index in [2.05, 4.69) is 5.32 Å². The van der Waals surface area contributed by atoms with Crippen molar-refractivity contribution >= 4 is 11.8 Å². The van der Waals surface area contributed by atoms with Gasteiger partial charge in [0, 0.05) is 37.2 Å². The summed E-state index contributed by atoms with van der Waals surface area (Å²) in [5.41, 5.74) is 6.99. The van der Waals surface area contributed by atoms with Crippen molar-refractivity contribution in [3.05, 3.63) is 35.4 Å². The first-order valence-electron chi connectivity index (χ1n) is 7.51.